The van der Waals surface area contributed by atoms with E-state index < -0.39 is 0 Å². The monoisotopic (exact) mass is 324 g/mol. The third-order valence-electron chi connectivity index (χ3n) is 3.24. The summed E-state index contributed by atoms with van der Waals surface area (Å²) in [6, 6.07) is 14.3. The van der Waals surface area contributed by atoms with Gasteiger partial charge in [0.2, 0.25) is 0 Å². The zero-order valence-corrected chi connectivity index (χ0v) is 13.0. The summed E-state index contributed by atoms with van der Waals surface area (Å²) in [5.41, 5.74) is 1.05. The van der Waals surface area contributed by atoms with Crippen LogP contribution in [0.2, 0.25) is 0 Å². The first-order chi connectivity index (χ1) is 11.7. The first-order valence-electron chi connectivity index (χ1n) is 7.30. The molecule has 0 bridgehead atoms. The van der Waals surface area contributed by atoms with Gasteiger partial charge in [0.1, 0.15) is 11.5 Å². The van der Waals surface area contributed by atoms with E-state index in [1.807, 2.05) is 24.3 Å². The van der Waals surface area contributed by atoms with E-state index in [1.54, 1.807) is 37.6 Å². The number of furan rings is 1. The number of aromatic nitrogens is 2. The van der Waals surface area contributed by atoms with Crippen LogP contribution < -0.4 is 15.4 Å². The summed E-state index contributed by atoms with van der Waals surface area (Å²) in [7, 11) is 1.61. The van der Waals surface area contributed by atoms with Gasteiger partial charge in [-0.15, -0.1) is 10.2 Å². The van der Waals surface area contributed by atoms with Crippen LogP contribution >= 0.6 is 0 Å². The summed E-state index contributed by atoms with van der Waals surface area (Å²) in [6.07, 6.45) is 1.56. The van der Waals surface area contributed by atoms with Gasteiger partial charge in [-0.1, -0.05) is 6.07 Å². The highest BCUT2D eigenvalue weighted by atomic mass is 16.5. The van der Waals surface area contributed by atoms with E-state index in [0.29, 0.717) is 18.1 Å². The first kappa shape index (κ1) is 15.5. The number of amides is 1. The highest BCUT2D eigenvalue weighted by Gasteiger charge is 2.09. The van der Waals surface area contributed by atoms with Crippen LogP contribution in [-0.4, -0.2) is 23.2 Å². The minimum Gasteiger partial charge on any atom is -0.497 e. The number of ether oxygens (including phenoxy) is 1. The van der Waals surface area contributed by atoms with Crippen molar-refractivity contribution in [1.29, 1.82) is 0 Å². The van der Waals surface area contributed by atoms with Gasteiger partial charge in [0.25, 0.3) is 5.91 Å². The number of methoxy groups -OCH3 is 1. The van der Waals surface area contributed by atoms with E-state index in [4.69, 9.17) is 9.15 Å². The molecule has 2 heterocycles. The number of carbonyl (C=O) groups is 1. The largest absolute Gasteiger partial charge is 0.497 e. The summed E-state index contributed by atoms with van der Waals surface area (Å²) in [5.74, 6) is 1.63. The molecule has 3 rings (SSSR count). The van der Waals surface area contributed by atoms with Crippen LogP contribution in [0.3, 0.4) is 0 Å². The van der Waals surface area contributed by atoms with Crippen LogP contribution in [0.4, 0.5) is 11.5 Å². The van der Waals surface area contributed by atoms with Crippen molar-refractivity contribution in [2.45, 2.75) is 6.54 Å². The van der Waals surface area contributed by atoms with Crippen LogP contribution in [0.1, 0.15) is 16.2 Å². The molecule has 0 radical (unpaired) electrons. The van der Waals surface area contributed by atoms with Crippen molar-refractivity contribution in [2.75, 3.05) is 12.4 Å². The van der Waals surface area contributed by atoms with Gasteiger partial charge >= 0.3 is 0 Å². The Morgan fingerprint density at radius 1 is 1.17 bits per heavy atom. The molecule has 0 unspecified atom stereocenters. The van der Waals surface area contributed by atoms with Crippen molar-refractivity contribution in [2.24, 2.45) is 0 Å². The zero-order valence-electron chi connectivity index (χ0n) is 13.0. The second kappa shape index (κ2) is 7.28. The zero-order chi connectivity index (χ0) is 16.8. The van der Waals surface area contributed by atoms with E-state index in [-0.39, 0.29) is 11.6 Å². The standard InChI is InChI=1S/C17H16N4O3/c1-23-13-5-2-4-12(10-13)19-16-8-7-15(20-21-16)17(22)18-11-14-6-3-9-24-14/h2-10H,11H2,1H3,(H,18,22)(H,19,21). The lowest BCUT2D eigenvalue weighted by atomic mass is 10.3. The fourth-order valence-electron chi connectivity index (χ4n) is 2.04. The van der Waals surface area contributed by atoms with Gasteiger partial charge in [-0.25, -0.2) is 0 Å². The molecular formula is C17H16N4O3. The van der Waals surface area contributed by atoms with Gasteiger partial charge in [0, 0.05) is 11.8 Å². The highest BCUT2D eigenvalue weighted by molar-refractivity contribution is 5.92. The fourth-order valence-corrected chi connectivity index (χ4v) is 2.04. The van der Waals surface area contributed by atoms with E-state index in [0.717, 1.165) is 11.4 Å². The Labute approximate surface area is 138 Å². The van der Waals surface area contributed by atoms with Gasteiger partial charge in [0.05, 0.1) is 19.9 Å². The number of rotatable bonds is 6. The lowest BCUT2D eigenvalue weighted by Crippen LogP contribution is -2.23. The van der Waals surface area contributed by atoms with Gasteiger partial charge in [-0.2, -0.15) is 0 Å². The molecule has 0 saturated heterocycles. The van der Waals surface area contributed by atoms with Gasteiger partial charge in [-0.05, 0) is 36.4 Å². The lowest BCUT2D eigenvalue weighted by molar-refractivity contribution is 0.0942. The van der Waals surface area contributed by atoms with Crippen molar-refractivity contribution in [3.05, 3.63) is 66.2 Å². The van der Waals surface area contributed by atoms with Crippen molar-refractivity contribution in [3.8, 4) is 5.75 Å². The molecule has 24 heavy (non-hydrogen) atoms. The maximum Gasteiger partial charge on any atom is 0.272 e. The fraction of sp³-hybridized carbons (Fsp3) is 0.118. The molecule has 0 spiro atoms. The van der Waals surface area contributed by atoms with E-state index in [1.165, 1.54) is 0 Å². The summed E-state index contributed by atoms with van der Waals surface area (Å²) >= 11 is 0. The lowest BCUT2D eigenvalue weighted by Gasteiger charge is -2.07. The summed E-state index contributed by atoms with van der Waals surface area (Å²) in [6.45, 7) is 0.303. The number of nitrogens with one attached hydrogen (secondary N) is 2. The first-order valence-corrected chi connectivity index (χ1v) is 7.30. The van der Waals surface area contributed by atoms with E-state index >= 15 is 0 Å². The van der Waals surface area contributed by atoms with E-state index in [9.17, 15) is 4.79 Å². The Morgan fingerprint density at radius 3 is 2.79 bits per heavy atom. The highest BCUT2D eigenvalue weighted by Crippen LogP contribution is 2.19. The Kier molecular flexibility index (Phi) is 4.71. The maximum absolute atomic E-state index is 12.0. The van der Waals surface area contributed by atoms with Gasteiger partial charge in [-0.3, -0.25) is 4.79 Å². The van der Waals surface area contributed by atoms with Gasteiger partial charge < -0.3 is 19.8 Å². The number of hydrogen-bond acceptors (Lipinski definition) is 6. The quantitative estimate of drug-likeness (QED) is 0.725. The predicted octanol–water partition coefficient (Wildman–Crippen LogP) is 2.75. The van der Waals surface area contributed by atoms with Crippen molar-refractivity contribution in [1.82, 2.24) is 15.5 Å². The van der Waals surface area contributed by atoms with Crippen LogP contribution in [0, 0.1) is 0 Å². The molecule has 0 fully saturated rings. The van der Waals surface area contributed by atoms with Gasteiger partial charge in [0.15, 0.2) is 11.5 Å². The molecule has 3 aromatic rings. The second-order valence-corrected chi connectivity index (χ2v) is 4.92. The smallest absolute Gasteiger partial charge is 0.272 e. The molecular weight excluding hydrogens is 308 g/mol. The van der Waals surface area contributed by atoms with Crippen LogP contribution in [-0.2, 0) is 6.54 Å². The minimum atomic E-state index is -0.313. The molecule has 2 N–H and O–H groups in total. The average Bonchev–Trinajstić information content (AvgIpc) is 3.14. The van der Waals surface area contributed by atoms with Crippen molar-refractivity contribution >= 4 is 17.4 Å². The molecule has 2 aromatic heterocycles. The Balaban J connectivity index is 1.61. The predicted molar refractivity (Wildman–Crippen MR) is 88.2 cm³/mol. The Hall–Kier alpha value is -3.35. The molecule has 122 valence electrons. The number of benzene rings is 1. The third kappa shape index (κ3) is 3.89. The normalized spacial score (nSPS) is 10.2. The summed E-state index contributed by atoms with van der Waals surface area (Å²) in [5, 5.41) is 13.8. The molecule has 0 aliphatic carbocycles. The average molecular weight is 324 g/mol. The van der Waals surface area contributed by atoms with Crippen molar-refractivity contribution < 1.29 is 13.9 Å². The van der Waals surface area contributed by atoms with E-state index in [2.05, 4.69) is 20.8 Å². The number of anilines is 2. The number of nitrogens with zero attached hydrogens (tertiary/aromatic N) is 2. The van der Waals surface area contributed by atoms with Crippen LogP contribution in [0.15, 0.2) is 59.2 Å². The molecule has 7 heteroatoms. The summed E-state index contributed by atoms with van der Waals surface area (Å²) < 4.78 is 10.3. The number of hydrogen-bond donors (Lipinski definition) is 2. The molecule has 0 atom stereocenters. The molecule has 0 aliphatic rings. The maximum atomic E-state index is 12.0. The molecule has 1 aromatic carbocycles. The summed E-state index contributed by atoms with van der Waals surface area (Å²) in [4.78, 5) is 12.0. The minimum absolute atomic E-state index is 0.234. The SMILES string of the molecule is COc1cccc(Nc2ccc(C(=O)NCc3ccco3)nn2)c1. The van der Waals surface area contributed by atoms with Crippen molar-refractivity contribution in [3.63, 3.8) is 0 Å². The Bertz CT molecular complexity index is 801. The van der Waals surface area contributed by atoms with Crippen LogP contribution in [0.25, 0.3) is 0 Å². The number of carbonyl (C=O) groups excluding carboxylic acids is 1. The molecule has 7 nitrogen and oxygen atoms in total. The third-order valence-corrected chi connectivity index (χ3v) is 3.24. The molecule has 1 amide bonds. The second-order valence-electron chi connectivity index (χ2n) is 4.92. The van der Waals surface area contributed by atoms with Crippen LogP contribution in [0.5, 0.6) is 5.75 Å². The topological polar surface area (TPSA) is 89.3 Å². The molecule has 0 aliphatic heterocycles. The molecule has 0 saturated carbocycles. The Morgan fingerprint density at radius 2 is 2.08 bits per heavy atom.